The second-order valence-electron chi connectivity index (χ2n) is 10.5. The zero-order valence-corrected chi connectivity index (χ0v) is 20.3. The largest absolute Gasteiger partial charge is 0.507 e. The van der Waals surface area contributed by atoms with Crippen LogP contribution in [0.3, 0.4) is 0 Å². The second-order valence-corrected chi connectivity index (χ2v) is 10.5. The van der Waals surface area contributed by atoms with Crippen LogP contribution in [0.2, 0.25) is 0 Å². The van der Waals surface area contributed by atoms with Gasteiger partial charge in [0.2, 0.25) is 0 Å². The Morgan fingerprint density at radius 2 is 1.74 bits per heavy atom. The number of aromatic hydroxyl groups is 1. The number of phenolic OH excluding ortho intramolecular Hbond substituents is 1. The van der Waals surface area contributed by atoms with Crippen LogP contribution in [-0.2, 0) is 0 Å². The first-order chi connectivity index (χ1) is 16.8. The van der Waals surface area contributed by atoms with Gasteiger partial charge >= 0.3 is 0 Å². The monoisotopic (exact) mass is 474 g/mol. The minimum atomic E-state index is 0.0797. The molecule has 9 nitrogen and oxygen atoms in total. The molecule has 182 valence electrons. The van der Waals surface area contributed by atoms with Gasteiger partial charge in [0.15, 0.2) is 17.4 Å². The Kier molecular flexibility index (Phi) is 5.07. The summed E-state index contributed by atoms with van der Waals surface area (Å²) in [6.45, 7) is 5.62. The lowest BCUT2D eigenvalue weighted by Gasteiger charge is -2.45. The van der Waals surface area contributed by atoms with Crippen molar-refractivity contribution in [3.05, 3.63) is 36.7 Å². The second kappa shape index (κ2) is 8.05. The van der Waals surface area contributed by atoms with Crippen LogP contribution in [0.15, 0.2) is 36.7 Å². The minimum absolute atomic E-state index is 0.0797. The molecule has 2 saturated heterocycles. The third kappa shape index (κ3) is 4.03. The number of ether oxygens (including phenoxy) is 2. The number of phenols is 1. The number of fused-ring (bicyclic) bond motifs is 3. The van der Waals surface area contributed by atoms with Gasteiger partial charge in [-0.1, -0.05) is 6.07 Å². The van der Waals surface area contributed by atoms with Crippen LogP contribution in [0.5, 0.6) is 17.4 Å². The zero-order valence-electron chi connectivity index (χ0n) is 20.3. The Balaban J connectivity index is 1.21. The van der Waals surface area contributed by atoms with Crippen molar-refractivity contribution in [2.45, 2.75) is 56.7 Å². The van der Waals surface area contributed by atoms with Crippen molar-refractivity contribution in [3.63, 3.8) is 0 Å². The summed E-state index contributed by atoms with van der Waals surface area (Å²) in [5, 5.41) is 23.4. The fourth-order valence-electron chi connectivity index (χ4n) is 5.83. The first kappa shape index (κ1) is 22.0. The van der Waals surface area contributed by atoms with E-state index in [9.17, 15) is 5.11 Å². The molecule has 2 bridgehead atoms. The maximum absolute atomic E-state index is 10.7. The van der Waals surface area contributed by atoms with Gasteiger partial charge in [-0.2, -0.15) is 0 Å². The van der Waals surface area contributed by atoms with E-state index in [1.807, 2.05) is 12.1 Å². The van der Waals surface area contributed by atoms with E-state index >= 15 is 0 Å². The summed E-state index contributed by atoms with van der Waals surface area (Å²) < 4.78 is 11.1. The number of nitrogens with zero attached hydrogens (tertiary/aromatic N) is 5. The van der Waals surface area contributed by atoms with Gasteiger partial charge in [0, 0.05) is 35.9 Å². The number of nitrogens with one attached hydrogen (secondary N) is 1. The molecule has 0 amide bonds. The fraction of sp³-hybridized carbons (Fsp3) is 0.462. The van der Waals surface area contributed by atoms with Gasteiger partial charge in [-0.15, -0.1) is 10.2 Å². The average molecular weight is 475 g/mol. The molecule has 0 aliphatic carbocycles. The lowest BCUT2D eigenvalue weighted by atomic mass is 9.84. The minimum Gasteiger partial charge on any atom is -0.507 e. The molecule has 2 N–H and O–H groups in total. The first-order valence-corrected chi connectivity index (χ1v) is 12.1. The molecule has 0 radical (unpaired) electrons. The molecule has 35 heavy (non-hydrogen) atoms. The number of rotatable bonds is 4. The van der Waals surface area contributed by atoms with Crippen molar-refractivity contribution < 1.29 is 14.6 Å². The van der Waals surface area contributed by atoms with Gasteiger partial charge in [-0.3, -0.25) is 0 Å². The van der Waals surface area contributed by atoms with Crippen LogP contribution in [0, 0.1) is 0 Å². The summed E-state index contributed by atoms with van der Waals surface area (Å²) in [5.74, 6) is 2.30. The number of aromatic nitrogens is 4. The maximum Gasteiger partial charge on any atom is 0.257 e. The molecule has 3 aliphatic heterocycles. The van der Waals surface area contributed by atoms with Crippen LogP contribution >= 0.6 is 0 Å². The fourth-order valence-corrected chi connectivity index (χ4v) is 5.83. The van der Waals surface area contributed by atoms with Gasteiger partial charge in [-0.05, 0) is 63.3 Å². The van der Waals surface area contributed by atoms with Crippen LogP contribution in [-0.4, -0.2) is 62.7 Å². The van der Waals surface area contributed by atoms with Crippen molar-refractivity contribution in [1.29, 1.82) is 0 Å². The third-order valence-corrected chi connectivity index (χ3v) is 7.63. The SMILES string of the molecule is CN(c1cnc(-c2ccc(-c3cnc4c(c3)OCCO4)cc2O)nn1)[C@H]1C[C@]2(C)CC[C@](C)(C1)N2. The Labute approximate surface area is 204 Å². The van der Waals surface area contributed by atoms with Crippen molar-refractivity contribution >= 4 is 5.82 Å². The zero-order chi connectivity index (χ0) is 24.2. The van der Waals surface area contributed by atoms with Crippen LogP contribution in [0.25, 0.3) is 22.5 Å². The highest BCUT2D eigenvalue weighted by molar-refractivity contribution is 5.73. The van der Waals surface area contributed by atoms with E-state index in [0.717, 1.165) is 29.8 Å². The van der Waals surface area contributed by atoms with E-state index in [1.54, 1.807) is 24.5 Å². The molecule has 0 spiro atoms. The maximum atomic E-state index is 10.7. The predicted octanol–water partition coefficient (Wildman–Crippen LogP) is 3.58. The first-order valence-electron chi connectivity index (χ1n) is 12.1. The van der Waals surface area contributed by atoms with Gasteiger partial charge in [0.1, 0.15) is 19.0 Å². The molecule has 2 fully saturated rings. The molecule has 3 aliphatic rings. The number of pyridine rings is 1. The lowest BCUT2D eigenvalue weighted by molar-refractivity contribution is 0.164. The molecule has 3 atom stereocenters. The Morgan fingerprint density at radius 1 is 0.971 bits per heavy atom. The van der Waals surface area contributed by atoms with E-state index in [0.29, 0.717) is 42.3 Å². The Bertz CT molecular complexity index is 1250. The van der Waals surface area contributed by atoms with Crippen molar-refractivity contribution in [2.24, 2.45) is 0 Å². The molecule has 5 heterocycles. The van der Waals surface area contributed by atoms with E-state index < -0.39 is 0 Å². The Hall–Kier alpha value is -3.46. The molecule has 0 unspecified atom stereocenters. The lowest BCUT2D eigenvalue weighted by Crippen LogP contribution is -2.58. The van der Waals surface area contributed by atoms with Gasteiger partial charge < -0.3 is 24.8 Å². The van der Waals surface area contributed by atoms with Crippen molar-refractivity contribution in [1.82, 2.24) is 25.5 Å². The quantitative estimate of drug-likeness (QED) is 0.587. The number of hydrogen-bond donors (Lipinski definition) is 2. The van der Waals surface area contributed by atoms with Gasteiger partial charge in [0.25, 0.3) is 5.88 Å². The molecular formula is C26H30N6O3. The molecule has 3 aromatic rings. The summed E-state index contributed by atoms with van der Waals surface area (Å²) in [7, 11) is 2.07. The molecule has 1 aromatic carbocycles. The van der Waals surface area contributed by atoms with Gasteiger partial charge in [0.05, 0.1) is 11.8 Å². The molecule has 0 saturated carbocycles. The van der Waals surface area contributed by atoms with Crippen molar-refractivity contribution in [2.75, 3.05) is 25.2 Å². The highest BCUT2D eigenvalue weighted by Crippen LogP contribution is 2.44. The third-order valence-electron chi connectivity index (χ3n) is 7.63. The van der Waals surface area contributed by atoms with Crippen LogP contribution < -0.4 is 19.7 Å². The summed E-state index contributed by atoms with van der Waals surface area (Å²) >= 11 is 0. The van der Waals surface area contributed by atoms with E-state index in [4.69, 9.17) is 9.47 Å². The Morgan fingerprint density at radius 3 is 2.46 bits per heavy atom. The summed E-state index contributed by atoms with van der Waals surface area (Å²) in [6, 6.07) is 7.62. The normalized spacial score (nSPS) is 27.0. The highest BCUT2D eigenvalue weighted by atomic mass is 16.6. The standard InChI is InChI=1S/C26H30N6O3/c1-25-6-7-26(2,31-25)13-18(12-25)32(3)22-15-27-23(30-29-22)19-5-4-16(10-20(19)33)17-11-21-24(28-14-17)35-9-8-34-21/h4-5,10-11,14-15,18,31,33H,6-9,12-13H2,1-3H3/t18-,25-,26+. The summed E-state index contributed by atoms with van der Waals surface area (Å²) in [4.78, 5) is 11.1. The van der Waals surface area contributed by atoms with E-state index in [2.05, 4.69) is 51.3 Å². The highest BCUT2D eigenvalue weighted by Gasteiger charge is 2.49. The topological polar surface area (TPSA) is 106 Å². The van der Waals surface area contributed by atoms with Gasteiger partial charge in [-0.25, -0.2) is 9.97 Å². The molecular weight excluding hydrogens is 444 g/mol. The molecule has 2 aromatic heterocycles. The smallest absolute Gasteiger partial charge is 0.257 e. The summed E-state index contributed by atoms with van der Waals surface area (Å²) in [6.07, 6.45) is 8.00. The number of benzene rings is 1. The predicted molar refractivity (Wildman–Crippen MR) is 132 cm³/mol. The van der Waals surface area contributed by atoms with Crippen LogP contribution in [0.4, 0.5) is 5.82 Å². The average Bonchev–Trinajstić information content (AvgIpc) is 3.09. The van der Waals surface area contributed by atoms with E-state index in [1.165, 1.54) is 12.8 Å². The summed E-state index contributed by atoms with van der Waals surface area (Å²) in [5.41, 5.74) is 2.51. The number of anilines is 1. The molecule has 6 rings (SSSR count). The van der Waals surface area contributed by atoms with E-state index in [-0.39, 0.29) is 16.8 Å². The van der Waals surface area contributed by atoms with Crippen molar-refractivity contribution in [3.8, 4) is 39.9 Å². The molecule has 9 heteroatoms. The van der Waals surface area contributed by atoms with Crippen LogP contribution in [0.1, 0.15) is 39.5 Å². The number of hydrogen-bond acceptors (Lipinski definition) is 9. The number of piperidine rings is 1.